The molecule has 0 saturated heterocycles. The van der Waals surface area contributed by atoms with Crippen LogP contribution in [0.4, 0.5) is 4.39 Å². The molecule has 1 aromatic rings. The first-order chi connectivity index (χ1) is 7.02. The van der Waals surface area contributed by atoms with Gasteiger partial charge in [-0.15, -0.1) is 0 Å². The summed E-state index contributed by atoms with van der Waals surface area (Å²) in [7, 11) is 0. The van der Waals surface area contributed by atoms with Crippen LogP contribution in [0, 0.1) is 11.2 Å². The molecule has 0 heterocycles. The van der Waals surface area contributed by atoms with Crippen molar-refractivity contribution in [1.82, 2.24) is 0 Å². The van der Waals surface area contributed by atoms with Crippen molar-refractivity contribution >= 4 is 11.6 Å². The summed E-state index contributed by atoms with van der Waals surface area (Å²) in [4.78, 5) is 0. The average Bonchev–Trinajstić information content (AvgIpc) is 2.23. The van der Waals surface area contributed by atoms with Crippen LogP contribution in [0.25, 0.3) is 0 Å². The largest absolute Gasteiger partial charge is 0.330 e. The number of benzene rings is 1. The van der Waals surface area contributed by atoms with E-state index in [-0.39, 0.29) is 11.2 Å². The number of hydrogen-bond acceptors (Lipinski definition) is 1. The highest BCUT2D eigenvalue weighted by Crippen LogP contribution is 2.30. The van der Waals surface area contributed by atoms with Crippen LogP contribution in [0.3, 0.4) is 0 Å². The molecule has 0 spiro atoms. The van der Waals surface area contributed by atoms with Gasteiger partial charge in [-0.05, 0) is 36.9 Å². The Morgan fingerprint density at radius 3 is 2.60 bits per heavy atom. The van der Waals surface area contributed by atoms with Crippen LogP contribution >= 0.6 is 11.6 Å². The summed E-state index contributed by atoms with van der Waals surface area (Å²) in [6.07, 6.45) is 1.50. The van der Waals surface area contributed by atoms with E-state index in [1.54, 1.807) is 12.1 Å². The van der Waals surface area contributed by atoms with E-state index in [4.69, 9.17) is 17.3 Å². The van der Waals surface area contributed by atoms with Gasteiger partial charge in [0.1, 0.15) is 5.82 Å². The summed E-state index contributed by atoms with van der Waals surface area (Å²) in [5.74, 6) is -0.240. The predicted octanol–water partition coefficient (Wildman–Crippen LogP) is 3.40. The number of hydrogen-bond donors (Lipinski definition) is 1. The van der Waals surface area contributed by atoms with Crippen molar-refractivity contribution in [1.29, 1.82) is 0 Å². The highest BCUT2D eigenvalue weighted by molar-refractivity contribution is 6.31. The second-order valence-electron chi connectivity index (χ2n) is 4.25. The predicted molar refractivity (Wildman–Crippen MR) is 62.6 cm³/mol. The van der Waals surface area contributed by atoms with Crippen molar-refractivity contribution in [3.05, 3.63) is 34.6 Å². The molecule has 1 atom stereocenters. The third-order valence-corrected chi connectivity index (χ3v) is 3.37. The minimum Gasteiger partial charge on any atom is -0.330 e. The molecule has 0 fully saturated rings. The molecule has 0 aliphatic rings. The summed E-state index contributed by atoms with van der Waals surface area (Å²) < 4.78 is 13.5. The average molecular weight is 230 g/mol. The van der Waals surface area contributed by atoms with Crippen molar-refractivity contribution in [3.63, 3.8) is 0 Å². The zero-order chi connectivity index (χ0) is 11.5. The molecule has 0 radical (unpaired) electrons. The van der Waals surface area contributed by atoms with E-state index in [2.05, 4.69) is 13.8 Å². The quantitative estimate of drug-likeness (QED) is 0.842. The van der Waals surface area contributed by atoms with Crippen LogP contribution in [-0.2, 0) is 6.42 Å². The van der Waals surface area contributed by atoms with Crippen molar-refractivity contribution in [2.24, 2.45) is 11.1 Å². The van der Waals surface area contributed by atoms with E-state index in [0.29, 0.717) is 23.6 Å². The third kappa shape index (κ3) is 2.93. The summed E-state index contributed by atoms with van der Waals surface area (Å²) in [6.45, 7) is 4.64. The number of rotatable bonds is 4. The fraction of sp³-hybridized carbons (Fsp3) is 0.500. The van der Waals surface area contributed by atoms with Crippen LogP contribution in [0.5, 0.6) is 0 Å². The van der Waals surface area contributed by atoms with E-state index >= 15 is 0 Å². The van der Waals surface area contributed by atoms with Crippen molar-refractivity contribution in [2.75, 3.05) is 6.54 Å². The van der Waals surface area contributed by atoms with Crippen molar-refractivity contribution in [3.8, 4) is 0 Å². The van der Waals surface area contributed by atoms with Gasteiger partial charge >= 0.3 is 0 Å². The molecule has 1 rings (SSSR count). The molecule has 2 N–H and O–H groups in total. The molecule has 1 unspecified atom stereocenters. The van der Waals surface area contributed by atoms with Crippen LogP contribution in [0.1, 0.15) is 25.8 Å². The summed E-state index contributed by atoms with van der Waals surface area (Å²) >= 11 is 5.97. The Morgan fingerprint density at radius 2 is 2.13 bits per heavy atom. The van der Waals surface area contributed by atoms with Gasteiger partial charge in [-0.1, -0.05) is 31.5 Å². The summed E-state index contributed by atoms with van der Waals surface area (Å²) in [6, 6.07) is 4.77. The number of nitrogens with two attached hydrogens (primary N) is 1. The van der Waals surface area contributed by atoms with Crippen LogP contribution < -0.4 is 5.73 Å². The van der Waals surface area contributed by atoms with Gasteiger partial charge < -0.3 is 5.73 Å². The maximum absolute atomic E-state index is 13.5. The van der Waals surface area contributed by atoms with Gasteiger partial charge in [-0.2, -0.15) is 0 Å². The molecular weight excluding hydrogens is 213 g/mol. The summed E-state index contributed by atoms with van der Waals surface area (Å²) in [5.41, 5.74) is 6.20. The van der Waals surface area contributed by atoms with Gasteiger partial charge in [0.25, 0.3) is 0 Å². The minimum absolute atomic E-state index is 0.0775. The molecule has 3 heteroatoms. The molecule has 0 saturated carbocycles. The van der Waals surface area contributed by atoms with Crippen LogP contribution in [-0.4, -0.2) is 6.54 Å². The molecule has 15 heavy (non-hydrogen) atoms. The van der Waals surface area contributed by atoms with Gasteiger partial charge in [0.05, 0.1) is 0 Å². The normalized spacial score (nSPS) is 15.0. The van der Waals surface area contributed by atoms with Gasteiger partial charge in [0, 0.05) is 10.6 Å². The fourth-order valence-electron chi connectivity index (χ4n) is 1.47. The first-order valence-corrected chi connectivity index (χ1v) is 5.53. The Balaban J connectivity index is 2.98. The Morgan fingerprint density at radius 1 is 1.47 bits per heavy atom. The fourth-order valence-corrected chi connectivity index (χ4v) is 1.70. The lowest BCUT2D eigenvalue weighted by Crippen LogP contribution is -2.29. The van der Waals surface area contributed by atoms with Gasteiger partial charge in [-0.3, -0.25) is 0 Å². The van der Waals surface area contributed by atoms with Gasteiger partial charge in [-0.25, -0.2) is 4.39 Å². The highest BCUT2D eigenvalue weighted by atomic mass is 35.5. The Kier molecular flexibility index (Phi) is 4.12. The Bertz CT molecular complexity index is 314. The second-order valence-corrected chi connectivity index (χ2v) is 4.65. The lowest BCUT2D eigenvalue weighted by Gasteiger charge is -2.27. The first kappa shape index (κ1) is 12.5. The maximum Gasteiger partial charge on any atom is 0.127 e. The van der Waals surface area contributed by atoms with Crippen LogP contribution in [0.15, 0.2) is 18.2 Å². The maximum atomic E-state index is 13.5. The molecule has 1 aromatic carbocycles. The van der Waals surface area contributed by atoms with Crippen molar-refractivity contribution < 1.29 is 4.39 Å². The van der Waals surface area contributed by atoms with E-state index < -0.39 is 0 Å². The van der Waals surface area contributed by atoms with E-state index in [0.717, 1.165) is 6.42 Å². The monoisotopic (exact) mass is 229 g/mol. The molecule has 0 aliphatic carbocycles. The van der Waals surface area contributed by atoms with Gasteiger partial charge in [0.15, 0.2) is 0 Å². The Hall–Kier alpha value is -0.600. The molecular formula is C12H17ClFN. The molecule has 0 aliphatic heterocycles. The SMILES string of the molecule is CCC(C)(CN)Cc1c(F)cccc1Cl. The van der Waals surface area contributed by atoms with E-state index in [1.165, 1.54) is 6.07 Å². The molecule has 0 amide bonds. The number of halogens is 2. The Labute approximate surface area is 95.4 Å². The first-order valence-electron chi connectivity index (χ1n) is 5.15. The zero-order valence-electron chi connectivity index (χ0n) is 9.19. The van der Waals surface area contributed by atoms with E-state index in [1.807, 2.05) is 0 Å². The minimum atomic E-state index is -0.240. The lowest BCUT2D eigenvalue weighted by atomic mass is 9.81. The van der Waals surface area contributed by atoms with E-state index in [9.17, 15) is 4.39 Å². The topological polar surface area (TPSA) is 26.0 Å². The van der Waals surface area contributed by atoms with Gasteiger partial charge in [0.2, 0.25) is 0 Å². The van der Waals surface area contributed by atoms with Crippen LogP contribution in [0.2, 0.25) is 5.02 Å². The zero-order valence-corrected chi connectivity index (χ0v) is 9.94. The second kappa shape index (κ2) is 4.95. The highest BCUT2D eigenvalue weighted by Gasteiger charge is 2.23. The molecule has 0 aromatic heterocycles. The smallest absolute Gasteiger partial charge is 0.127 e. The summed E-state index contributed by atoms with van der Waals surface area (Å²) in [5, 5.41) is 0.489. The molecule has 84 valence electrons. The molecule has 0 bridgehead atoms. The molecule has 1 nitrogen and oxygen atoms in total. The lowest BCUT2D eigenvalue weighted by molar-refractivity contribution is 0.316. The third-order valence-electron chi connectivity index (χ3n) is 3.01. The van der Waals surface area contributed by atoms with Crippen molar-refractivity contribution in [2.45, 2.75) is 26.7 Å². The standard InChI is InChI=1S/C12H17ClFN/c1-3-12(2,8-15)7-9-10(13)5-4-6-11(9)14/h4-6H,3,7-8,15H2,1-2H3.